The zero-order valence-corrected chi connectivity index (χ0v) is 18.5. The molecular weight excluding hydrogens is 445 g/mol. The zero-order chi connectivity index (χ0) is 22.6. The molecule has 8 nitrogen and oxygen atoms in total. The van der Waals surface area contributed by atoms with Crippen molar-refractivity contribution in [1.82, 2.24) is 9.29 Å². The Morgan fingerprint density at radius 2 is 1.90 bits per heavy atom. The Balaban J connectivity index is 1.83. The van der Waals surface area contributed by atoms with Crippen LogP contribution in [0.5, 0.6) is 5.75 Å². The van der Waals surface area contributed by atoms with Gasteiger partial charge in [0.25, 0.3) is 0 Å². The van der Waals surface area contributed by atoms with Gasteiger partial charge >= 0.3 is 5.69 Å². The molecule has 0 aliphatic heterocycles. The first-order chi connectivity index (χ1) is 14.8. The summed E-state index contributed by atoms with van der Waals surface area (Å²) in [6.45, 7) is 3.79. The number of thiazole rings is 1. The molecular formula is C20H20FN3O5S2. The van der Waals surface area contributed by atoms with Crippen molar-refractivity contribution in [2.45, 2.75) is 25.3 Å². The molecule has 0 atom stereocenters. The van der Waals surface area contributed by atoms with E-state index in [2.05, 4.69) is 4.98 Å². The van der Waals surface area contributed by atoms with E-state index in [9.17, 15) is 22.9 Å². The SMILES string of the molecule is CCN(CC)S(=O)(=O)c1ccc(OCc2csc(-c3ccccc3F)n2)c([N+](=O)[O-])c1. The van der Waals surface area contributed by atoms with Crippen LogP contribution in [0.3, 0.4) is 0 Å². The molecule has 3 aromatic rings. The molecule has 0 amide bonds. The van der Waals surface area contributed by atoms with Crippen molar-refractivity contribution in [1.29, 1.82) is 0 Å². The van der Waals surface area contributed by atoms with E-state index in [4.69, 9.17) is 4.74 Å². The van der Waals surface area contributed by atoms with Gasteiger partial charge in [0.15, 0.2) is 5.75 Å². The lowest BCUT2D eigenvalue weighted by molar-refractivity contribution is -0.386. The second-order valence-corrected chi connectivity index (χ2v) is 9.18. The summed E-state index contributed by atoms with van der Waals surface area (Å²) in [6, 6.07) is 9.77. The molecule has 31 heavy (non-hydrogen) atoms. The number of nitrogens with zero attached hydrogens (tertiary/aromatic N) is 3. The Hall–Kier alpha value is -2.89. The van der Waals surface area contributed by atoms with Crippen molar-refractivity contribution in [2.24, 2.45) is 0 Å². The van der Waals surface area contributed by atoms with Gasteiger partial charge in [-0.3, -0.25) is 10.1 Å². The summed E-state index contributed by atoms with van der Waals surface area (Å²) in [4.78, 5) is 15.0. The highest BCUT2D eigenvalue weighted by molar-refractivity contribution is 7.89. The van der Waals surface area contributed by atoms with Crippen LogP contribution in [0.1, 0.15) is 19.5 Å². The van der Waals surface area contributed by atoms with E-state index in [1.807, 2.05) is 0 Å². The fraction of sp³-hybridized carbons (Fsp3) is 0.250. The van der Waals surface area contributed by atoms with E-state index < -0.39 is 26.5 Å². The number of nitro benzene ring substituents is 1. The number of rotatable bonds is 9. The Kier molecular flexibility index (Phi) is 6.98. The predicted octanol–water partition coefficient (Wildman–Crippen LogP) is 4.47. The molecule has 0 spiro atoms. The van der Waals surface area contributed by atoms with Gasteiger partial charge in [-0.25, -0.2) is 17.8 Å². The number of aromatic nitrogens is 1. The lowest BCUT2D eigenvalue weighted by Crippen LogP contribution is -2.30. The van der Waals surface area contributed by atoms with Crippen molar-refractivity contribution in [3.63, 3.8) is 0 Å². The molecule has 0 aliphatic carbocycles. The van der Waals surface area contributed by atoms with Crippen LogP contribution in [0.25, 0.3) is 10.6 Å². The third-order valence-electron chi connectivity index (χ3n) is 4.50. The molecule has 0 aliphatic rings. The Bertz CT molecular complexity index is 1190. The first kappa shape index (κ1) is 22.8. The molecule has 164 valence electrons. The lowest BCUT2D eigenvalue weighted by atomic mass is 10.2. The number of nitro groups is 1. The van der Waals surface area contributed by atoms with Crippen LogP contribution >= 0.6 is 11.3 Å². The van der Waals surface area contributed by atoms with E-state index in [0.717, 1.165) is 6.07 Å². The monoisotopic (exact) mass is 465 g/mol. The van der Waals surface area contributed by atoms with Crippen LogP contribution in [0.4, 0.5) is 10.1 Å². The number of hydrogen-bond donors (Lipinski definition) is 0. The van der Waals surface area contributed by atoms with Crippen molar-refractivity contribution in [2.75, 3.05) is 13.1 Å². The zero-order valence-electron chi connectivity index (χ0n) is 16.8. The molecule has 0 saturated heterocycles. The maximum Gasteiger partial charge on any atom is 0.312 e. The lowest BCUT2D eigenvalue weighted by Gasteiger charge is -2.18. The van der Waals surface area contributed by atoms with Crippen LogP contribution in [-0.2, 0) is 16.6 Å². The van der Waals surface area contributed by atoms with E-state index in [0.29, 0.717) is 16.3 Å². The van der Waals surface area contributed by atoms with Gasteiger partial charge in [0, 0.05) is 30.1 Å². The second kappa shape index (κ2) is 9.50. The predicted molar refractivity (Wildman–Crippen MR) is 115 cm³/mol. The summed E-state index contributed by atoms with van der Waals surface area (Å²) < 4.78 is 46.0. The molecule has 3 rings (SSSR count). The van der Waals surface area contributed by atoms with Crippen LogP contribution in [-0.4, -0.2) is 35.7 Å². The number of halogens is 1. The molecule has 0 fully saturated rings. The molecule has 1 aromatic heterocycles. The topological polar surface area (TPSA) is 103 Å². The molecule has 11 heteroatoms. The highest BCUT2D eigenvalue weighted by atomic mass is 32.2. The quantitative estimate of drug-likeness (QED) is 0.341. The van der Waals surface area contributed by atoms with Crippen LogP contribution < -0.4 is 4.74 Å². The van der Waals surface area contributed by atoms with Gasteiger partial charge in [0.2, 0.25) is 10.0 Å². The minimum Gasteiger partial charge on any atom is -0.480 e. The molecule has 2 aromatic carbocycles. The van der Waals surface area contributed by atoms with Crippen molar-refractivity contribution >= 4 is 27.0 Å². The summed E-state index contributed by atoms with van der Waals surface area (Å²) >= 11 is 1.23. The molecule has 0 saturated carbocycles. The van der Waals surface area contributed by atoms with Crippen molar-refractivity contribution in [3.8, 4) is 16.3 Å². The van der Waals surface area contributed by atoms with Crippen LogP contribution in [0.2, 0.25) is 0 Å². The molecule has 0 bridgehead atoms. The Morgan fingerprint density at radius 3 is 2.55 bits per heavy atom. The highest BCUT2D eigenvalue weighted by Gasteiger charge is 2.26. The van der Waals surface area contributed by atoms with Crippen molar-refractivity contribution < 1.29 is 22.5 Å². The van der Waals surface area contributed by atoms with Gasteiger partial charge in [-0.05, 0) is 24.3 Å². The number of benzene rings is 2. The standard InChI is InChI=1S/C20H20FN3O5S2/c1-3-23(4-2)31(27,28)15-9-10-19(18(11-15)24(25)26)29-12-14-13-30-20(22-14)16-7-5-6-8-17(16)21/h5-11,13H,3-4,12H2,1-2H3. The number of hydrogen-bond acceptors (Lipinski definition) is 7. The molecule has 1 heterocycles. The second-order valence-electron chi connectivity index (χ2n) is 6.39. The third kappa shape index (κ3) is 4.89. The molecule has 0 unspecified atom stereocenters. The summed E-state index contributed by atoms with van der Waals surface area (Å²) in [6.07, 6.45) is 0. The average Bonchev–Trinajstić information content (AvgIpc) is 3.21. The minimum atomic E-state index is -3.85. The van der Waals surface area contributed by atoms with Crippen LogP contribution in [0.15, 0.2) is 52.7 Å². The van der Waals surface area contributed by atoms with Gasteiger partial charge in [-0.2, -0.15) is 4.31 Å². The largest absolute Gasteiger partial charge is 0.480 e. The highest BCUT2D eigenvalue weighted by Crippen LogP contribution is 2.32. The van der Waals surface area contributed by atoms with Gasteiger partial charge in [0.05, 0.1) is 15.5 Å². The first-order valence-corrected chi connectivity index (χ1v) is 11.7. The number of ether oxygens (including phenoxy) is 1. The fourth-order valence-corrected chi connectivity index (χ4v) is 5.23. The van der Waals surface area contributed by atoms with E-state index in [1.54, 1.807) is 37.4 Å². The van der Waals surface area contributed by atoms with E-state index in [-0.39, 0.29) is 30.3 Å². The van der Waals surface area contributed by atoms with Crippen LogP contribution in [0, 0.1) is 15.9 Å². The van der Waals surface area contributed by atoms with E-state index >= 15 is 0 Å². The Labute approximate surface area is 183 Å². The van der Waals surface area contributed by atoms with Gasteiger partial charge in [0.1, 0.15) is 17.4 Å². The van der Waals surface area contributed by atoms with Gasteiger partial charge < -0.3 is 4.74 Å². The number of sulfonamides is 1. The normalized spacial score (nSPS) is 11.6. The maximum absolute atomic E-state index is 13.9. The van der Waals surface area contributed by atoms with Crippen molar-refractivity contribution in [3.05, 3.63) is 69.5 Å². The first-order valence-electron chi connectivity index (χ1n) is 9.38. The summed E-state index contributed by atoms with van der Waals surface area (Å²) in [5, 5.41) is 13.6. The fourth-order valence-electron chi connectivity index (χ4n) is 2.92. The summed E-state index contributed by atoms with van der Waals surface area (Å²) in [5.41, 5.74) is 0.367. The molecule has 0 radical (unpaired) electrons. The van der Waals surface area contributed by atoms with Gasteiger partial charge in [-0.1, -0.05) is 26.0 Å². The maximum atomic E-state index is 13.9. The van der Waals surface area contributed by atoms with E-state index in [1.165, 1.54) is 33.8 Å². The summed E-state index contributed by atoms with van der Waals surface area (Å²) in [7, 11) is -3.85. The summed E-state index contributed by atoms with van der Waals surface area (Å²) in [5.74, 6) is -0.478. The minimum absolute atomic E-state index is 0.0797. The smallest absolute Gasteiger partial charge is 0.312 e. The third-order valence-corrected chi connectivity index (χ3v) is 7.47. The Morgan fingerprint density at radius 1 is 1.19 bits per heavy atom. The van der Waals surface area contributed by atoms with Gasteiger partial charge in [-0.15, -0.1) is 11.3 Å². The molecule has 0 N–H and O–H groups in total. The average molecular weight is 466 g/mol.